The van der Waals surface area contributed by atoms with E-state index in [2.05, 4.69) is 5.32 Å². The minimum Gasteiger partial charge on any atom is -0.497 e. The van der Waals surface area contributed by atoms with Gasteiger partial charge in [0.1, 0.15) is 17.3 Å². The van der Waals surface area contributed by atoms with Gasteiger partial charge in [0, 0.05) is 12.0 Å². The summed E-state index contributed by atoms with van der Waals surface area (Å²) in [5.41, 5.74) is 1.59. The van der Waals surface area contributed by atoms with Gasteiger partial charge in [-0.3, -0.25) is 4.79 Å². The maximum Gasteiger partial charge on any atom is 0.224 e. The normalized spacial score (nSPS) is 16.2. The molecule has 0 aromatic heterocycles. The number of rotatable bonds is 4. The molecular formula is C18H18FNO3. The number of nitrogens with one attached hydrogen (secondary N) is 1. The molecule has 2 aromatic rings. The van der Waals surface area contributed by atoms with E-state index in [1.54, 1.807) is 13.2 Å². The monoisotopic (exact) mass is 315 g/mol. The Morgan fingerprint density at radius 2 is 2.09 bits per heavy atom. The molecule has 3 rings (SSSR count). The molecule has 1 N–H and O–H groups in total. The highest BCUT2D eigenvalue weighted by molar-refractivity contribution is 5.79. The lowest BCUT2D eigenvalue weighted by Crippen LogP contribution is -2.33. The molecule has 5 heteroatoms. The van der Waals surface area contributed by atoms with Crippen molar-refractivity contribution >= 4 is 5.91 Å². The van der Waals surface area contributed by atoms with Crippen LogP contribution < -0.4 is 14.8 Å². The van der Waals surface area contributed by atoms with Gasteiger partial charge in [-0.05, 0) is 35.9 Å². The molecule has 2 aromatic carbocycles. The molecule has 0 radical (unpaired) electrons. The van der Waals surface area contributed by atoms with E-state index in [9.17, 15) is 9.18 Å². The SMILES string of the molecule is COc1ccc(CC(=O)NC2CCOc3ccc(F)cc32)cc1. The van der Waals surface area contributed by atoms with Gasteiger partial charge >= 0.3 is 0 Å². The number of carbonyl (C=O) groups is 1. The molecular weight excluding hydrogens is 297 g/mol. The third-order valence-electron chi connectivity index (χ3n) is 3.87. The van der Waals surface area contributed by atoms with Gasteiger partial charge in [-0.2, -0.15) is 0 Å². The Morgan fingerprint density at radius 1 is 1.30 bits per heavy atom. The second kappa shape index (κ2) is 6.69. The molecule has 1 heterocycles. The lowest BCUT2D eigenvalue weighted by atomic mass is 10.00. The van der Waals surface area contributed by atoms with E-state index in [-0.39, 0.29) is 24.2 Å². The van der Waals surface area contributed by atoms with Crippen LogP contribution in [0, 0.1) is 5.82 Å². The zero-order valence-corrected chi connectivity index (χ0v) is 12.8. The molecule has 1 aliphatic rings. The minimum absolute atomic E-state index is 0.0997. The molecule has 0 saturated heterocycles. The Kier molecular flexibility index (Phi) is 4.46. The molecule has 0 fully saturated rings. The van der Waals surface area contributed by atoms with Crippen molar-refractivity contribution in [3.05, 3.63) is 59.4 Å². The van der Waals surface area contributed by atoms with Gasteiger partial charge in [-0.25, -0.2) is 4.39 Å². The Bertz CT molecular complexity index is 700. The van der Waals surface area contributed by atoms with Crippen LogP contribution in [0.15, 0.2) is 42.5 Å². The smallest absolute Gasteiger partial charge is 0.224 e. The number of hydrogen-bond donors (Lipinski definition) is 1. The van der Waals surface area contributed by atoms with E-state index in [1.165, 1.54) is 12.1 Å². The van der Waals surface area contributed by atoms with Crippen molar-refractivity contribution in [3.8, 4) is 11.5 Å². The van der Waals surface area contributed by atoms with Crippen LogP contribution in [0.5, 0.6) is 11.5 Å². The molecule has 4 nitrogen and oxygen atoms in total. The zero-order chi connectivity index (χ0) is 16.2. The minimum atomic E-state index is -0.330. The zero-order valence-electron chi connectivity index (χ0n) is 12.8. The Labute approximate surface area is 134 Å². The van der Waals surface area contributed by atoms with Crippen LogP contribution in [0.4, 0.5) is 4.39 Å². The van der Waals surface area contributed by atoms with Crippen LogP contribution in [0.25, 0.3) is 0 Å². The number of carbonyl (C=O) groups excluding carboxylic acids is 1. The van der Waals surface area contributed by atoms with E-state index < -0.39 is 0 Å². The summed E-state index contributed by atoms with van der Waals surface area (Å²) in [5.74, 6) is 0.955. The lowest BCUT2D eigenvalue weighted by Gasteiger charge is -2.26. The summed E-state index contributed by atoms with van der Waals surface area (Å²) in [6.07, 6.45) is 0.900. The number of hydrogen-bond acceptors (Lipinski definition) is 3. The number of benzene rings is 2. The molecule has 0 aliphatic carbocycles. The fourth-order valence-electron chi connectivity index (χ4n) is 2.69. The molecule has 0 bridgehead atoms. The summed E-state index contributed by atoms with van der Waals surface area (Å²) in [6.45, 7) is 0.506. The van der Waals surface area contributed by atoms with Crippen molar-refractivity contribution in [2.24, 2.45) is 0 Å². The maximum absolute atomic E-state index is 13.4. The highest BCUT2D eigenvalue weighted by Crippen LogP contribution is 2.32. The predicted octanol–water partition coefficient (Wildman–Crippen LogP) is 3.02. The summed E-state index contributed by atoms with van der Waals surface area (Å²) < 4.78 is 24.0. The van der Waals surface area contributed by atoms with E-state index in [4.69, 9.17) is 9.47 Å². The fourth-order valence-corrected chi connectivity index (χ4v) is 2.69. The summed E-state index contributed by atoms with van der Waals surface area (Å²) in [7, 11) is 1.60. The average molecular weight is 315 g/mol. The first kappa shape index (κ1) is 15.3. The summed E-state index contributed by atoms with van der Waals surface area (Å²) in [5, 5.41) is 2.96. The van der Waals surface area contributed by atoms with Crippen LogP contribution in [-0.4, -0.2) is 19.6 Å². The first-order valence-corrected chi connectivity index (χ1v) is 7.50. The van der Waals surface area contributed by atoms with Crippen LogP contribution in [-0.2, 0) is 11.2 Å². The van der Waals surface area contributed by atoms with E-state index in [0.29, 0.717) is 24.3 Å². The molecule has 23 heavy (non-hydrogen) atoms. The van der Waals surface area contributed by atoms with Gasteiger partial charge in [0.2, 0.25) is 5.91 Å². The highest BCUT2D eigenvalue weighted by atomic mass is 19.1. The molecule has 120 valence electrons. The third kappa shape index (κ3) is 3.62. The van der Waals surface area contributed by atoms with E-state index in [0.717, 1.165) is 11.3 Å². The maximum atomic E-state index is 13.4. The first-order valence-electron chi connectivity index (χ1n) is 7.50. The van der Waals surface area contributed by atoms with Gasteiger partial charge in [0.05, 0.1) is 26.2 Å². The third-order valence-corrected chi connectivity index (χ3v) is 3.87. The van der Waals surface area contributed by atoms with Crippen LogP contribution in [0.2, 0.25) is 0 Å². The summed E-state index contributed by atoms with van der Waals surface area (Å²) in [4.78, 5) is 12.3. The van der Waals surface area contributed by atoms with Gasteiger partial charge in [0.25, 0.3) is 0 Å². The first-order chi connectivity index (χ1) is 11.2. The van der Waals surface area contributed by atoms with E-state index in [1.807, 2.05) is 24.3 Å². The number of ether oxygens (including phenoxy) is 2. The highest BCUT2D eigenvalue weighted by Gasteiger charge is 2.23. The van der Waals surface area contributed by atoms with Crippen molar-refractivity contribution in [1.82, 2.24) is 5.32 Å². The lowest BCUT2D eigenvalue weighted by molar-refractivity contribution is -0.121. The predicted molar refractivity (Wildman–Crippen MR) is 84.1 cm³/mol. The number of amides is 1. The topological polar surface area (TPSA) is 47.6 Å². The molecule has 1 aliphatic heterocycles. The fraction of sp³-hybridized carbons (Fsp3) is 0.278. The van der Waals surface area contributed by atoms with Gasteiger partial charge in [-0.1, -0.05) is 12.1 Å². The quantitative estimate of drug-likeness (QED) is 0.943. The molecule has 0 spiro atoms. The standard InChI is InChI=1S/C18H18FNO3/c1-22-14-5-2-12(3-6-14)10-18(21)20-16-8-9-23-17-7-4-13(19)11-15(16)17/h2-7,11,16H,8-10H2,1H3,(H,20,21). The Morgan fingerprint density at radius 3 is 2.83 bits per heavy atom. The summed E-state index contributed by atoms with van der Waals surface area (Å²) >= 11 is 0. The van der Waals surface area contributed by atoms with Crippen molar-refractivity contribution in [1.29, 1.82) is 0 Å². The summed E-state index contributed by atoms with van der Waals surface area (Å²) in [6, 6.07) is 11.5. The Hall–Kier alpha value is -2.56. The molecule has 1 atom stereocenters. The van der Waals surface area contributed by atoms with Crippen molar-refractivity contribution in [2.75, 3.05) is 13.7 Å². The van der Waals surface area contributed by atoms with Crippen molar-refractivity contribution in [3.63, 3.8) is 0 Å². The second-order valence-electron chi connectivity index (χ2n) is 5.46. The molecule has 0 saturated carbocycles. The van der Waals surface area contributed by atoms with Crippen LogP contribution in [0.1, 0.15) is 23.6 Å². The van der Waals surface area contributed by atoms with E-state index >= 15 is 0 Å². The van der Waals surface area contributed by atoms with Gasteiger partial charge < -0.3 is 14.8 Å². The van der Waals surface area contributed by atoms with Crippen LogP contribution >= 0.6 is 0 Å². The van der Waals surface area contributed by atoms with Gasteiger partial charge in [0.15, 0.2) is 0 Å². The number of fused-ring (bicyclic) bond motifs is 1. The average Bonchev–Trinajstić information content (AvgIpc) is 2.56. The molecule has 1 unspecified atom stereocenters. The second-order valence-corrected chi connectivity index (χ2v) is 5.46. The number of halogens is 1. The largest absolute Gasteiger partial charge is 0.497 e. The van der Waals surface area contributed by atoms with Crippen molar-refractivity contribution in [2.45, 2.75) is 18.9 Å². The Balaban J connectivity index is 1.67. The van der Waals surface area contributed by atoms with Crippen molar-refractivity contribution < 1.29 is 18.7 Å². The molecule has 1 amide bonds. The number of methoxy groups -OCH3 is 1. The van der Waals surface area contributed by atoms with Crippen LogP contribution in [0.3, 0.4) is 0 Å². The van der Waals surface area contributed by atoms with Gasteiger partial charge in [-0.15, -0.1) is 0 Å².